The van der Waals surface area contributed by atoms with Crippen molar-refractivity contribution >= 4 is 17.8 Å². The number of hydrogen-bond donors (Lipinski definition) is 2. The van der Waals surface area contributed by atoms with Gasteiger partial charge in [0.2, 0.25) is 11.9 Å². The van der Waals surface area contributed by atoms with Crippen LogP contribution in [0.5, 0.6) is 0 Å². The standard InChI is InChI=1S/C16H25N5O2/c1-9(2)5-11-6-13(20-16(17)19-11)15(23)18-12-7-14(22)21(8-12)10(3)4/h6,9-10,12H,5,7-8H2,1-4H3,(H,18,23)(H2,17,19,20)/t12-/m1/s1. The number of carbonyl (C=O) groups excluding carboxylic acids is 2. The van der Waals surface area contributed by atoms with Gasteiger partial charge in [-0.1, -0.05) is 13.8 Å². The Morgan fingerprint density at radius 2 is 2.09 bits per heavy atom. The molecule has 1 atom stereocenters. The molecule has 23 heavy (non-hydrogen) atoms. The van der Waals surface area contributed by atoms with E-state index in [4.69, 9.17) is 5.73 Å². The molecule has 1 aromatic heterocycles. The lowest BCUT2D eigenvalue weighted by Crippen LogP contribution is -2.39. The first-order valence-corrected chi connectivity index (χ1v) is 8.00. The van der Waals surface area contributed by atoms with Gasteiger partial charge in [-0.3, -0.25) is 9.59 Å². The van der Waals surface area contributed by atoms with Crippen molar-refractivity contribution in [2.24, 2.45) is 5.92 Å². The SMILES string of the molecule is CC(C)Cc1cc(C(=O)N[C@@H]2CC(=O)N(C(C)C)C2)nc(N)n1. The summed E-state index contributed by atoms with van der Waals surface area (Å²) in [5.41, 5.74) is 6.71. The Kier molecular flexibility index (Phi) is 5.18. The zero-order valence-electron chi connectivity index (χ0n) is 14.2. The molecule has 1 saturated heterocycles. The molecule has 2 amide bonds. The van der Waals surface area contributed by atoms with Gasteiger partial charge < -0.3 is 16.0 Å². The van der Waals surface area contributed by atoms with Gasteiger partial charge in [0.05, 0.1) is 6.04 Å². The molecular weight excluding hydrogens is 294 g/mol. The Bertz CT molecular complexity index is 600. The van der Waals surface area contributed by atoms with E-state index in [1.807, 2.05) is 13.8 Å². The maximum Gasteiger partial charge on any atom is 0.270 e. The first-order chi connectivity index (χ1) is 10.8. The van der Waals surface area contributed by atoms with Crippen molar-refractivity contribution in [1.29, 1.82) is 0 Å². The third-order valence-corrected chi connectivity index (χ3v) is 3.76. The molecule has 1 aromatic rings. The summed E-state index contributed by atoms with van der Waals surface area (Å²) in [5.74, 6) is 0.257. The molecule has 1 fully saturated rings. The summed E-state index contributed by atoms with van der Waals surface area (Å²) >= 11 is 0. The Hall–Kier alpha value is -2.18. The zero-order valence-corrected chi connectivity index (χ0v) is 14.2. The monoisotopic (exact) mass is 319 g/mol. The van der Waals surface area contributed by atoms with Crippen molar-refractivity contribution in [1.82, 2.24) is 20.2 Å². The van der Waals surface area contributed by atoms with Crippen LogP contribution in [0.4, 0.5) is 5.95 Å². The van der Waals surface area contributed by atoms with Gasteiger partial charge in [0.25, 0.3) is 5.91 Å². The highest BCUT2D eigenvalue weighted by molar-refractivity contribution is 5.93. The number of anilines is 1. The number of carbonyl (C=O) groups is 2. The predicted octanol–water partition coefficient (Wildman–Crippen LogP) is 0.996. The molecule has 0 unspecified atom stereocenters. The van der Waals surface area contributed by atoms with E-state index in [1.54, 1.807) is 11.0 Å². The van der Waals surface area contributed by atoms with Gasteiger partial charge in [-0.2, -0.15) is 0 Å². The van der Waals surface area contributed by atoms with E-state index in [-0.39, 0.29) is 35.5 Å². The van der Waals surface area contributed by atoms with Gasteiger partial charge in [-0.05, 0) is 32.3 Å². The van der Waals surface area contributed by atoms with E-state index in [0.717, 1.165) is 12.1 Å². The van der Waals surface area contributed by atoms with Gasteiger partial charge in [0.1, 0.15) is 5.69 Å². The summed E-state index contributed by atoms with van der Waals surface area (Å²) in [6.07, 6.45) is 1.05. The smallest absolute Gasteiger partial charge is 0.270 e. The van der Waals surface area contributed by atoms with Crippen LogP contribution < -0.4 is 11.1 Å². The summed E-state index contributed by atoms with van der Waals surface area (Å²) in [6.45, 7) is 8.60. The second kappa shape index (κ2) is 6.93. The number of hydrogen-bond acceptors (Lipinski definition) is 5. The van der Waals surface area contributed by atoms with Gasteiger partial charge in [0, 0.05) is 24.7 Å². The van der Waals surface area contributed by atoms with E-state index >= 15 is 0 Å². The highest BCUT2D eigenvalue weighted by Gasteiger charge is 2.32. The topological polar surface area (TPSA) is 101 Å². The lowest BCUT2D eigenvalue weighted by atomic mass is 10.1. The molecule has 3 N–H and O–H groups in total. The van der Waals surface area contributed by atoms with Crippen LogP contribution in [0.3, 0.4) is 0 Å². The summed E-state index contributed by atoms with van der Waals surface area (Å²) in [5, 5.41) is 2.87. The largest absolute Gasteiger partial charge is 0.368 e. The van der Waals surface area contributed by atoms with Crippen molar-refractivity contribution in [3.63, 3.8) is 0 Å². The lowest BCUT2D eigenvalue weighted by molar-refractivity contribution is -0.129. The van der Waals surface area contributed by atoms with Crippen LogP contribution in [0.15, 0.2) is 6.07 Å². The van der Waals surface area contributed by atoms with Crippen molar-refractivity contribution in [3.05, 3.63) is 17.5 Å². The maximum absolute atomic E-state index is 12.4. The first-order valence-electron chi connectivity index (χ1n) is 8.00. The molecule has 0 radical (unpaired) electrons. The number of likely N-dealkylation sites (tertiary alicyclic amines) is 1. The van der Waals surface area contributed by atoms with E-state index in [1.165, 1.54) is 0 Å². The summed E-state index contributed by atoms with van der Waals surface area (Å²) in [6, 6.07) is 1.61. The molecule has 2 rings (SSSR count). The summed E-state index contributed by atoms with van der Waals surface area (Å²) in [4.78, 5) is 34.2. The third-order valence-electron chi connectivity index (χ3n) is 3.76. The average Bonchev–Trinajstić information content (AvgIpc) is 2.78. The van der Waals surface area contributed by atoms with Crippen molar-refractivity contribution in [2.75, 3.05) is 12.3 Å². The molecule has 7 nitrogen and oxygen atoms in total. The molecule has 0 aliphatic carbocycles. The fourth-order valence-electron chi connectivity index (χ4n) is 2.74. The van der Waals surface area contributed by atoms with Crippen LogP contribution in [-0.4, -0.2) is 45.3 Å². The highest BCUT2D eigenvalue weighted by Crippen LogP contribution is 2.15. The zero-order chi connectivity index (χ0) is 17.1. The van der Waals surface area contributed by atoms with E-state index in [9.17, 15) is 9.59 Å². The van der Waals surface area contributed by atoms with E-state index in [2.05, 4.69) is 29.1 Å². The quantitative estimate of drug-likeness (QED) is 0.843. The molecular formula is C16H25N5O2. The molecule has 2 heterocycles. The Morgan fingerprint density at radius 1 is 1.39 bits per heavy atom. The van der Waals surface area contributed by atoms with Crippen LogP contribution in [0.1, 0.15) is 50.3 Å². The molecule has 1 aliphatic rings. The molecule has 126 valence electrons. The predicted molar refractivity (Wildman–Crippen MR) is 87.7 cm³/mol. The van der Waals surface area contributed by atoms with Gasteiger partial charge >= 0.3 is 0 Å². The number of nitrogens with zero attached hydrogens (tertiary/aromatic N) is 3. The number of rotatable bonds is 5. The van der Waals surface area contributed by atoms with Crippen LogP contribution in [0, 0.1) is 5.92 Å². The fraction of sp³-hybridized carbons (Fsp3) is 0.625. The maximum atomic E-state index is 12.4. The Labute approximate surface area is 136 Å². The van der Waals surface area contributed by atoms with Gasteiger partial charge in [-0.25, -0.2) is 9.97 Å². The lowest BCUT2D eigenvalue weighted by Gasteiger charge is -2.21. The molecule has 0 saturated carbocycles. The minimum atomic E-state index is -0.312. The molecule has 7 heteroatoms. The number of nitrogens with one attached hydrogen (secondary N) is 1. The molecule has 1 aliphatic heterocycles. The molecule has 0 spiro atoms. The minimum Gasteiger partial charge on any atom is -0.368 e. The van der Waals surface area contributed by atoms with Crippen LogP contribution >= 0.6 is 0 Å². The Balaban J connectivity index is 2.06. The number of amides is 2. The average molecular weight is 319 g/mol. The fourth-order valence-corrected chi connectivity index (χ4v) is 2.74. The summed E-state index contributed by atoms with van der Waals surface area (Å²) < 4.78 is 0. The normalized spacial score (nSPS) is 18.1. The van der Waals surface area contributed by atoms with E-state index < -0.39 is 0 Å². The van der Waals surface area contributed by atoms with Crippen LogP contribution in [0.25, 0.3) is 0 Å². The van der Waals surface area contributed by atoms with Crippen LogP contribution in [0.2, 0.25) is 0 Å². The molecule has 0 aromatic carbocycles. The van der Waals surface area contributed by atoms with Gasteiger partial charge in [-0.15, -0.1) is 0 Å². The van der Waals surface area contributed by atoms with E-state index in [0.29, 0.717) is 18.9 Å². The second-order valence-electron chi connectivity index (χ2n) is 6.72. The molecule has 0 bridgehead atoms. The Morgan fingerprint density at radius 3 is 2.65 bits per heavy atom. The number of aromatic nitrogens is 2. The van der Waals surface area contributed by atoms with Gasteiger partial charge in [0.15, 0.2) is 0 Å². The van der Waals surface area contributed by atoms with Crippen LogP contribution in [-0.2, 0) is 11.2 Å². The number of nitrogens with two attached hydrogens (primary N) is 1. The first kappa shape index (κ1) is 17.2. The number of nitrogen functional groups attached to an aromatic ring is 1. The minimum absolute atomic E-state index is 0.0630. The van der Waals surface area contributed by atoms with Crippen molar-refractivity contribution in [2.45, 2.75) is 52.6 Å². The van der Waals surface area contributed by atoms with Crippen molar-refractivity contribution < 1.29 is 9.59 Å². The summed E-state index contributed by atoms with van der Waals surface area (Å²) in [7, 11) is 0. The third kappa shape index (κ3) is 4.40. The van der Waals surface area contributed by atoms with Crippen molar-refractivity contribution in [3.8, 4) is 0 Å². The highest BCUT2D eigenvalue weighted by atomic mass is 16.2. The second-order valence-corrected chi connectivity index (χ2v) is 6.72.